The number of H-pyrrole nitrogens is 1. The minimum Gasteiger partial charge on any atom is -0.382 e. The van der Waals surface area contributed by atoms with Crippen LogP contribution in [0.15, 0.2) is 6.33 Å². The van der Waals surface area contributed by atoms with Gasteiger partial charge in [-0.25, -0.2) is 23.7 Å². The average molecular weight is 253 g/mol. The molecule has 3 N–H and O–H groups in total. The molecule has 1 fully saturated rings. The van der Waals surface area contributed by atoms with Gasteiger partial charge in [0, 0.05) is 18.8 Å². The SMILES string of the molecule is Nc1ncnc2nc(C3CCC(F)(F)CC3)[nH]c12. The van der Waals surface area contributed by atoms with Crippen LogP contribution >= 0.6 is 0 Å². The zero-order valence-electron chi connectivity index (χ0n) is 9.66. The number of nitrogen functional groups attached to an aromatic ring is 1. The Morgan fingerprint density at radius 2 is 2.00 bits per heavy atom. The van der Waals surface area contributed by atoms with Crippen LogP contribution in [0.1, 0.15) is 37.4 Å². The maximum absolute atomic E-state index is 13.1. The van der Waals surface area contributed by atoms with Crippen LogP contribution in [0, 0.1) is 0 Å². The van der Waals surface area contributed by atoms with Gasteiger partial charge in [0.25, 0.3) is 0 Å². The monoisotopic (exact) mass is 253 g/mol. The lowest BCUT2D eigenvalue weighted by atomic mass is 9.86. The predicted octanol–water partition coefficient (Wildman–Crippen LogP) is 2.23. The fraction of sp³-hybridized carbons (Fsp3) is 0.545. The van der Waals surface area contributed by atoms with Gasteiger partial charge in [0.1, 0.15) is 17.7 Å². The molecule has 0 aliphatic heterocycles. The van der Waals surface area contributed by atoms with Gasteiger partial charge in [0.05, 0.1) is 0 Å². The lowest BCUT2D eigenvalue weighted by Crippen LogP contribution is -2.24. The maximum atomic E-state index is 13.1. The third-order valence-corrected chi connectivity index (χ3v) is 3.44. The van der Waals surface area contributed by atoms with Crippen molar-refractivity contribution < 1.29 is 8.78 Å². The van der Waals surface area contributed by atoms with Gasteiger partial charge in [0.2, 0.25) is 5.92 Å². The predicted molar refractivity (Wildman–Crippen MR) is 62.3 cm³/mol. The summed E-state index contributed by atoms with van der Waals surface area (Å²) in [5.41, 5.74) is 6.78. The summed E-state index contributed by atoms with van der Waals surface area (Å²) in [4.78, 5) is 15.2. The lowest BCUT2D eigenvalue weighted by molar-refractivity contribution is -0.0387. The van der Waals surface area contributed by atoms with Crippen molar-refractivity contribution in [1.29, 1.82) is 0 Å². The summed E-state index contributed by atoms with van der Waals surface area (Å²) in [6.45, 7) is 0. The van der Waals surface area contributed by atoms with Gasteiger partial charge >= 0.3 is 0 Å². The number of halogens is 2. The molecule has 0 radical (unpaired) electrons. The van der Waals surface area contributed by atoms with E-state index in [-0.39, 0.29) is 18.8 Å². The van der Waals surface area contributed by atoms with E-state index in [1.54, 1.807) is 0 Å². The van der Waals surface area contributed by atoms with E-state index in [0.29, 0.717) is 35.6 Å². The molecule has 0 amide bonds. The van der Waals surface area contributed by atoms with Crippen molar-refractivity contribution in [2.24, 2.45) is 0 Å². The van der Waals surface area contributed by atoms with Crippen molar-refractivity contribution in [3.8, 4) is 0 Å². The molecule has 2 aromatic rings. The first-order valence-corrected chi connectivity index (χ1v) is 5.89. The highest BCUT2D eigenvalue weighted by Gasteiger charge is 2.36. The summed E-state index contributed by atoms with van der Waals surface area (Å²) in [6.07, 6.45) is 2.03. The molecule has 5 nitrogen and oxygen atoms in total. The molecule has 1 saturated carbocycles. The fourth-order valence-corrected chi connectivity index (χ4v) is 2.37. The van der Waals surface area contributed by atoms with Crippen molar-refractivity contribution in [2.75, 3.05) is 5.73 Å². The molecule has 2 aromatic heterocycles. The normalized spacial score (nSPS) is 20.3. The summed E-state index contributed by atoms with van der Waals surface area (Å²) in [5.74, 6) is -1.48. The number of imidazole rings is 1. The zero-order valence-corrected chi connectivity index (χ0v) is 9.66. The third kappa shape index (κ3) is 1.89. The molecular formula is C11H13F2N5. The molecule has 0 bridgehead atoms. The van der Waals surface area contributed by atoms with Crippen molar-refractivity contribution in [3.63, 3.8) is 0 Å². The summed E-state index contributed by atoms with van der Waals surface area (Å²) >= 11 is 0. The number of aromatic nitrogens is 4. The van der Waals surface area contributed by atoms with Gasteiger partial charge in [-0.05, 0) is 12.8 Å². The van der Waals surface area contributed by atoms with Crippen molar-refractivity contribution in [3.05, 3.63) is 12.2 Å². The van der Waals surface area contributed by atoms with Crippen LogP contribution in [0.3, 0.4) is 0 Å². The second kappa shape index (κ2) is 3.86. The number of hydrogen-bond donors (Lipinski definition) is 2. The minimum absolute atomic E-state index is 0.0261. The van der Waals surface area contributed by atoms with Crippen molar-refractivity contribution in [1.82, 2.24) is 19.9 Å². The highest BCUT2D eigenvalue weighted by molar-refractivity contribution is 5.81. The van der Waals surface area contributed by atoms with Gasteiger partial charge < -0.3 is 10.7 Å². The smallest absolute Gasteiger partial charge is 0.248 e. The standard InChI is InChI=1S/C11H13F2N5/c12-11(13)3-1-6(2-4-11)9-17-7-8(14)15-5-16-10(7)18-9/h5-6H,1-4H2,(H3,14,15,16,17,18). The second-order valence-electron chi connectivity index (χ2n) is 4.71. The molecule has 0 atom stereocenters. The number of aromatic amines is 1. The van der Waals surface area contributed by atoms with E-state index in [9.17, 15) is 8.78 Å². The topological polar surface area (TPSA) is 80.5 Å². The molecule has 1 aliphatic carbocycles. The van der Waals surface area contributed by atoms with Crippen LogP contribution in [0.5, 0.6) is 0 Å². The van der Waals surface area contributed by atoms with E-state index < -0.39 is 5.92 Å². The maximum Gasteiger partial charge on any atom is 0.248 e. The number of nitrogens with one attached hydrogen (secondary N) is 1. The van der Waals surface area contributed by atoms with Gasteiger partial charge in [-0.1, -0.05) is 0 Å². The van der Waals surface area contributed by atoms with Crippen LogP contribution in [0.4, 0.5) is 14.6 Å². The molecule has 0 unspecified atom stereocenters. The molecule has 2 heterocycles. The number of nitrogens with zero attached hydrogens (tertiary/aromatic N) is 3. The molecule has 1 aliphatic rings. The summed E-state index contributed by atoms with van der Waals surface area (Å²) in [6, 6.07) is 0. The molecule has 0 saturated heterocycles. The quantitative estimate of drug-likeness (QED) is 0.816. The van der Waals surface area contributed by atoms with Crippen LogP contribution in [0.25, 0.3) is 11.2 Å². The molecule has 18 heavy (non-hydrogen) atoms. The van der Waals surface area contributed by atoms with E-state index in [0.717, 1.165) is 0 Å². The Morgan fingerprint density at radius 1 is 1.28 bits per heavy atom. The Kier molecular flexibility index (Phi) is 2.42. The minimum atomic E-state index is -2.53. The Bertz CT molecular complexity index is 570. The number of rotatable bonds is 1. The second-order valence-corrected chi connectivity index (χ2v) is 4.71. The van der Waals surface area contributed by atoms with Gasteiger partial charge in [-0.2, -0.15) is 0 Å². The summed E-state index contributed by atoms with van der Waals surface area (Å²) in [7, 11) is 0. The zero-order chi connectivity index (χ0) is 12.8. The van der Waals surface area contributed by atoms with E-state index in [1.165, 1.54) is 6.33 Å². The molecule has 0 aromatic carbocycles. The van der Waals surface area contributed by atoms with E-state index in [1.807, 2.05) is 0 Å². The van der Waals surface area contributed by atoms with Crippen LogP contribution < -0.4 is 5.73 Å². The molecular weight excluding hydrogens is 240 g/mol. The van der Waals surface area contributed by atoms with Gasteiger partial charge in [0.15, 0.2) is 11.5 Å². The molecule has 7 heteroatoms. The van der Waals surface area contributed by atoms with Crippen molar-refractivity contribution >= 4 is 17.0 Å². The number of nitrogens with two attached hydrogens (primary N) is 1. The van der Waals surface area contributed by atoms with Crippen molar-refractivity contribution in [2.45, 2.75) is 37.5 Å². The summed E-state index contributed by atoms with van der Waals surface area (Å²) < 4.78 is 26.2. The highest BCUT2D eigenvalue weighted by atomic mass is 19.3. The molecule has 3 rings (SSSR count). The Hall–Kier alpha value is -1.79. The molecule has 96 valence electrons. The largest absolute Gasteiger partial charge is 0.382 e. The first-order chi connectivity index (χ1) is 8.55. The first kappa shape index (κ1) is 11.3. The van der Waals surface area contributed by atoms with E-state index in [2.05, 4.69) is 19.9 Å². The number of fused-ring (bicyclic) bond motifs is 1. The van der Waals surface area contributed by atoms with Crippen LogP contribution in [-0.2, 0) is 0 Å². The van der Waals surface area contributed by atoms with Crippen LogP contribution in [-0.4, -0.2) is 25.9 Å². The lowest BCUT2D eigenvalue weighted by Gasteiger charge is -2.26. The number of alkyl halides is 2. The van der Waals surface area contributed by atoms with E-state index in [4.69, 9.17) is 5.73 Å². The van der Waals surface area contributed by atoms with Gasteiger partial charge in [-0.3, -0.25) is 0 Å². The van der Waals surface area contributed by atoms with Gasteiger partial charge in [-0.15, -0.1) is 0 Å². The number of hydrogen-bond acceptors (Lipinski definition) is 4. The van der Waals surface area contributed by atoms with E-state index >= 15 is 0 Å². The highest BCUT2D eigenvalue weighted by Crippen LogP contribution is 2.40. The number of anilines is 1. The third-order valence-electron chi connectivity index (χ3n) is 3.44. The summed E-state index contributed by atoms with van der Waals surface area (Å²) in [5, 5.41) is 0. The Morgan fingerprint density at radius 3 is 2.67 bits per heavy atom. The van der Waals surface area contributed by atoms with Crippen LogP contribution in [0.2, 0.25) is 0 Å². The average Bonchev–Trinajstić information content (AvgIpc) is 2.74. The Labute approximate surface area is 102 Å². The molecule has 0 spiro atoms. The Balaban J connectivity index is 1.89. The fourth-order valence-electron chi connectivity index (χ4n) is 2.37. The first-order valence-electron chi connectivity index (χ1n) is 5.89.